The molecule has 8 rings (SSSR count). The van der Waals surface area contributed by atoms with Gasteiger partial charge < -0.3 is 4.74 Å². The molecule has 1 nitrogen and oxygen atoms in total. The molecule has 5 atom stereocenters. The lowest BCUT2D eigenvalue weighted by Crippen LogP contribution is -2.39. The molecule has 0 amide bonds. The highest BCUT2D eigenvalue weighted by Crippen LogP contribution is 2.74. The number of rotatable bonds is 2. The summed E-state index contributed by atoms with van der Waals surface area (Å²) in [7, 11) is 0. The van der Waals surface area contributed by atoms with E-state index < -0.39 is 11.2 Å². The quantitative estimate of drug-likeness (QED) is 0.313. The molecular formula is C32H24O. The van der Waals surface area contributed by atoms with Crippen LogP contribution in [0.15, 0.2) is 121 Å². The van der Waals surface area contributed by atoms with Gasteiger partial charge in [-0.1, -0.05) is 115 Å². The third-order valence-electron chi connectivity index (χ3n) is 8.67. The number of fused-ring (bicyclic) bond motifs is 14. The first-order valence-corrected chi connectivity index (χ1v) is 12.1. The summed E-state index contributed by atoms with van der Waals surface area (Å²) in [6, 6.07) is 40.0. The molecule has 1 fully saturated rings. The zero-order valence-electron chi connectivity index (χ0n) is 18.3. The van der Waals surface area contributed by atoms with E-state index in [0.29, 0.717) is 11.8 Å². The molecule has 4 aliphatic rings. The summed E-state index contributed by atoms with van der Waals surface area (Å²) in [5.74, 6) is 1.22. The monoisotopic (exact) mass is 424 g/mol. The maximum absolute atomic E-state index is 7.54. The minimum atomic E-state index is -0.530. The first kappa shape index (κ1) is 18.1. The number of allylic oxidation sites excluding steroid dienone is 1. The van der Waals surface area contributed by atoms with E-state index in [4.69, 9.17) is 4.74 Å². The second-order valence-electron chi connectivity index (χ2n) is 9.97. The van der Waals surface area contributed by atoms with Gasteiger partial charge in [0, 0.05) is 11.8 Å². The predicted octanol–water partition coefficient (Wildman–Crippen LogP) is 7.04. The maximum atomic E-state index is 7.54. The van der Waals surface area contributed by atoms with Gasteiger partial charge in [0.2, 0.25) is 0 Å². The second kappa shape index (κ2) is 6.12. The van der Waals surface area contributed by atoms with Gasteiger partial charge >= 0.3 is 0 Å². The summed E-state index contributed by atoms with van der Waals surface area (Å²) in [5.41, 5.74) is 8.65. The molecule has 4 bridgehead atoms. The van der Waals surface area contributed by atoms with Gasteiger partial charge in [-0.05, 0) is 51.3 Å². The minimum absolute atomic E-state index is 0.287. The Bertz CT molecular complexity index is 1440. The summed E-state index contributed by atoms with van der Waals surface area (Å²) in [5, 5.41) is 0. The first-order chi connectivity index (χ1) is 16.3. The second-order valence-corrected chi connectivity index (χ2v) is 9.97. The Balaban J connectivity index is 1.51. The first-order valence-electron chi connectivity index (χ1n) is 12.1. The number of ether oxygens (including phenoxy) is 1. The zero-order chi connectivity index (χ0) is 21.6. The van der Waals surface area contributed by atoms with Crippen molar-refractivity contribution in [2.45, 2.75) is 29.5 Å². The summed E-state index contributed by atoms with van der Waals surface area (Å²) in [6.07, 6.45) is 3.76. The highest BCUT2D eigenvalue weighted by Gasteiger charge is 2.71. The third kappa shape index (κ3) is 2.00. The van der Waals surface area contributed by atoms with Crippen LogP contribution < -0.4 is 0 Å². The molecular weight excluding hydrogens is 400 g/mol. The molecule has 2 heterocycles. The van der Waals surface area contributed by atoms with Gasteiger partial charge in [-0.2, -0.15) is 0 Å². The molecule has 158 valence electrons. The van der Waals surface area contributed by atoms with Crippen molar-refractivity contribution in [2.24, 2.45) is 5.92 Å². The molecule has 1 heteroatoms. The zero-order valence-corrected chi connectivity index (χ0v) is 18.3. The third-order valence-corrected chi connectivity index (χ3v) is 8.67. The van der Waals surface area contributed by atoms with Gasteiger partial charge in [-0.25, -0.2) is 0 Å². The highest BCUT2D eigenvalue weighted by molar-refractivity contribution is 5.67. The fourth-order valence-electron chi connectivity index (χ4n) is 7.61. The van der Waals surface area contributed by atoms with Crippen LogP contribution in [-0.4, -0.2) is 0 Å². The fourth-order valence-corrected chi connectivity index (χ4v) is 7.61. The van der Waals surface area contributed by atoms with Crippen molar-refractivity contribution in [2.75, 3.05) is 0 Å². The molecule has 33 heavy (non-hydrogen) atoms. The number of hydrogen-bond donors (Lipinski definition) is 0. The Morgan fingerprint density at radius 3 is 1.97 bits per heavy atom. The van der Waals surface area contributed by atoms with E-state index in [9.17, 15) is 0 Å². The van der Waals surface area contributed by atoms with Crippen LogP contribution in [0, 0.1) is 5.92 Å². The number of benzene rings is 4. The van der Waals surface area contributed by atoms with E-state index in [1.54, 1.807) is 0 Å². The Labute approximate surface area is 194 Å². The molecule has 0 unspecified atom stereocenters. The molecule has 4 aromatic rings. The Morgan fingerprint density at radius 1 is 0.606 bits per heavy atom. The maximum Gasteiger partial charge on any atom is 0.142 e. The van der Waals surface area contributed by atoms with Crippen LogP contribution in [-0.2, 0) is 15.9 Å². The average molecular weight is 425 g/mol. The summed E-state index contributed by atoms with van der Waals surface area (Å²) in [6.45, 7) is 0. The lowest BCUT2D eigenvalue weighted by molar-refractivity contribution is -0.0505. The molecule has 2 aliphatic carbocycles. The summed E-state index contributed by atoms with van der Waals surface area (Å²) < 4.78 is 7.54. The van der Waals surface area contributed by atoms with E-state index in [2.05, 4.69) is 115 Å². The molecule has 4 aromatic carbocycles. The van der Waals surface area contributed by atoms with Crippen LogP contribution in [0.1, 0.15) is 51.6 Å². The summed E-state index contributed by atoms with van der Waals surface area (Å²) >= 11 is 0. The Morgan fingerprint density at radius 2 is 1.21 bits per heavy atom. The highest BCUT2D eigenvalue weighted by atomic mass is 16.5. The van der Waals surface area contributed by atoms with Crippen LogP contribution in [0.2, 0.25) is 0 Å². The van der Waals surface area contributed by atoms with Crippen LogP contribution >= 0.6 is 0 Å². The van der Waals surface area contributed by atoms with Crippen LogP contribution in [0.3, 0.4) is 0 Å². The normalized spacial score (nSPS) is 32.1. The SMILES string of the molecule is C1=C2[C@H]([C@H]3C[C@@H]1c1ccccc13)[C@@]1(c3ccccc3)O[C@]2(c2ccccc2)c2ccccc21. The molecule has 1 saturated heterocycles. The lowest BCUT2D eigenvalue weighted by atomic mass is 9.57. The lowest BCUT2D eigenvalue weighted by Gasteiger charge is -2.42. The molecule has 0 aromatic heterocycles. The van der Waals surface area contributed by atoms with Crippen molar-refractivity contribution in [3.8, 4) is 0 Å². The topological polar surface area (TPSA) is 9.23 Å². The van der Waals surface area contributed by atoms with Crippen LogP contribution in [0.4, 0.5) is 0 Å². The molecule has 0 radical (unpaired) electrons. The van der Waals surface area contributed by atoms with Gasteiger partial charge in [0.15, 0.2) is 0 Å². The molecule has 0 N–H and O–H groups in total. The van der Waals surface area contributed by atoms with Gasteiger partial charge in [-0.15, -0.1) is 0 Å². The van der Waals surface area contributed by atoms with Crippen molar-refractivity contribution >= 4 is 0 Å². The van der Waals surface area contributed by atoms with E-state index in [1.165, 1.54) is 45.4 Å². The smallest absolute Gasteiger partial charge is 0.142 e. The minimum Gasteiger partial charge on any atom is -0.345 e. The largest absolute Gasteiger partial charge is 0.345 e. The Hall–Kier alpha value is -3.42. The average Bonchev–Trinajstić information content (AvgIpc) is 3.49. The van der Waals surface area contributed by atoms with Crippen molar-refractivity contribution in [3.63, 3.8) is 0 Å². The molecule has 0 spiro atoms. The van der Waals surface area contributed by atoms with E-state index in [0.717, 1.165) is 0 Å². The Kier molecular flexibility index (Phi) is 3.35. The summed E-state index contributed by atoms with van der Waals surface area (Å²) in [4.78, 5) is 0. The van der Waals surface area contributed by atoms with Gasteiger partial charge in [0.05, 0.1) is 0 Å². The van der Waals surface area contributed by atoms with Crippen molar-refractivity contribution < 1.29 is 4.74 Å². The van der Waals surface area contributed by atoms with Crippen molar-refractivity contribution in [1.29, 1.82) is 0 Å². The van der Waals surface area contributed by atoms with Crippen molar-refractivity contribution in [1.82, 2.24) is 0 Å². The van der Waals surface area contributed by atoms with Gasteiger partial charge in [-0.3, -0.25) is 0 Å². The van der Waals surface area contributed by atoms with E-state index >= 15 is 0 Å². The van der Waals surface area contributed by atoms with Crippen molar-refractivity contribution in [3.05, 3.63) is 154 Å². The predicted molar refractivity (Wildman–Crippen MR) is 130 cm³/mol. The number of hydrogen-bond acceptors (Lipinski definition) is 1. The van der Waals surface area contributed by atoms with Gasteiger partial charge in [0.25, 0.3) is 0 Å². The molecule has 0 saturated carbocycles. The molecule has 2 aliphatic heterocycles. The van der Waals surface area contributed by atoms with Crippen LogP contribution in [0.25, 0.3) is 0 Å². The van der Waals surface area contributed by atoms with E-state index in [-0.39, 0.29) is 5.92 Å². The fraction of sp³-hybridized carbons (Fsp3) is 0.188. The van der Waals surface area contributed by atoms with Gasteiger partial charge in [0.1, 0.15) is 11.2 Å². The van der Waals surface area contributed by atoms with E-state index in [1.807, 2.05) is 0 Å². The van der Waals surface area contributed by atoms with Crippen LogP contribution in [0.5, 0.6) is 0 Å². The standard InChI is InChI=1S/C32H24O/c1-3-11-22(12-4-1)31-27-17-9-10-18-28(27)32(33-31,23-13-5-2-6-14-23)30-26-19-21(20-29(30)31)24-15-7-8-16-25(24)26/h1-18,20-21,26,30H,19H2/t21-,26-,30-,31+,32-/m0/s1.